The van der Waals surface area contributed by atoms with Crippen LogP contribution in [-0.2, 0) is 23.3 Å². The molecule has 0 N–H and O–H groups in total. The molecule has 0 heterocycles. The van der Waals surface area contributed by atoms with Crippen molar-refractivity contribution in [3.05, 3.63) is 195 Å². The molecule has 0 saturated heterocycles. The molecule has 0 aliphatic carbocycles. The summed E-state index contributed by atoms with van der Waals surface area (Å²) in [4.78, 5) is 0. The van der Waals surface area contributed by atoms with E-state index in [1.165, 1.54) is 116 Å². The molecular formula is C51H46SiZr-4. The third-order valence-electron chi connectivity index (χ3n) is 9.95. The van der Waals surface area contributed by atoms with Gasteiger partial charge in [0.2, 0.25) is 0 Å². The summed E-state index contributed by atoms with van der Waals surface area (Å²) in [5.74, 6) is 0.582. The van der Waals surface area contributed by atoms with E-state index in [1.54, 1.807) is 0 Å². The first-order valence-electron chi connectivity index (χ1n) is 17.6. The molecule has 0 saturated carbocycles. The van der Waals surface area contributed by atoms with E-state index >= 15 is 0 Å². The maximum absolute atomic E-state index is 3.06. The Bertz CT molecular complexity index is 2600. The summed E-state index contributed by atoms with van der Waals surface area (Å²) in [7, 11) is 0. The predicted octanol–water partition coefficient (Wildman–Crippen LogP) is 14.7. The van der Waals surface area contributed by atoms with E-state index in [9.17, 15) is 0 Å². The van der Waals surface area contributed by atoms with E-state index in [2.05, 4.69) is 198 Å². The summed E-state index contributed by atoms with van der Waals surface area (Å²) in [6, 6.07) is 59.9. The van der Waals surface area contributed by atoms with Crippen LogP contribution < -0.4 is 0 Å². The van der Waals surface area contributed by atoms with E-state index in [1.807, 2.05) is 0 Å². The van der Waals surface area contributed by atoms with Gasteiger partial charge in [0.15, 0.2) is 0 Å². The zero-order valence-electron chi connectivity index (χ0n) is 31.7. The van der Waals surface area contributed by atoms with Crippen molar-refractivity contribution in [2.45, 2.75) is 33.6 Å². The van der Waals surface area contributed by atoms with Crippen LogP contribution in [-0.4, -0.2) is 6.88 Å². The zero-order valence-corrected chi connectivity index (χ0v) is 35.1. The molecule has 2 heteroatoms. The van der Waals surface area contributed by atoms with Crippen molar-refractivity contribution in [2.75, 3.05) is 0 Å². The molecule has 262 valence electrons. The summed E-state index contributed by atoms with van der Waals surface area (Å²) < 4.78 is 0. The Morgan fingerprint density at radius 2 is 0.981 bits per heavy atom. The quantitative estimate of drug-likeness (QED) is 0.123. The van der Waals surface area contributed by atoms with Crippen molar-refractivity contribution in [2.24, 2.45) is 0 Å². The third kappa shape index (κ3) is 8.16. The van der Waals surface area contributed by atoms with Crippen molar-refractivity contribution in [1.82, 2.24) is 0 Å². The van der Waals surface area contributed by atoms with Crippen LogP contribution in [0.2, 0.25) is 0 Å². The molecule has 2 radical (unpaired) electrons. The SMILES string of the molecule is Cc1cc2c(-c3cccc4ccccc34)cc(-c3cccc4ccccc34)cc2[cH-]1.Cc1ccc(-c2cccc3[cH-]c(C(C)C)cc23)cc1.[CH3-].[CH3-].[Si]=[Zr]. The first kappa shape index (κ1) is 39.6. The van der Waals surface area contributed by atoms with Crippen molar-refractivity contribution in [3.8, 4) is 33.4 Å². The average molecular weight is 778 g/mol. The molecule has 0 bridgehead atoms. The number of aryl methyl sites for hydroxylation is 2. The molecule has 0 amide bonds. The van der Waals surface area contributed by atoms with Gasteiger partial charge in [0, 0.05) is 0 Å². The van der Waals surface area contributed by atoms with Gasteiger partial charge in [-0.05, 0) is 51.1 Å². The predicted molar refractivity (Wildman–Crippen MR) is 233 cm³/mol. The van der Waals surface area contributed by atoms with E-state index < -0.39 is 0 Å². The van der Waals surface area contributed by atoms with Gasteiger partial charge in [-0.25, -0.2) is 0 Å². The van der Waals surface area contributed by atoms with Crippen LogP contribution in [0.4, 0.5) is 0 Å². The average Bonchev–Trinajstić information content (AvgIpc) is 3.79. The summed E-state index contributed by atoms with van der Waals surface area (Å²) in [6.45, 7) is 11.9. The Morgan fingerprint density at radius 1 is 0.453 bits per heavy atom. The fourth-order valence-electron chi connectivity index (χ4n) is 7.36. The van der Waals surface area contributed by atoms with E-state index in [-0.39, 0.29) is 14.9 Å². The van der Waals surface area contributed by atoms with Gasteiger partial charge in [-0.2, -0.15) is 12.1 Å². The molecule has 0 aliphatic heterocycles. The second-order valence-corrected chi connectivity index (χ2v) is 13.7. The summed E-state index contributed by atoms with van der Waals surface area (Å²) in [5.41, 5.74) is 11.8. The first-order chi connectivity index (χ1) is 24.9. The van der Waals surface area contributed by atoms with Gasteiger partial charge in [-0.1, -0.05) is 164 Å². The maximum atomic E-state index is 3.06. The van der Waals surface area contributed by atoms with Crippen LogP contribution in [0.5, 0.6) is 0 Å². The molecule has 9 aromatic rings. The van der Waals surface area contributed by atoms with Gasteiger partial charge in [-0.15, -0.1) is 63.0 Å². The molecular weight excluding hydrogens is 732 g/mol. The molecule has 0 aliphatic rings. The van der Waals surface area contributed by atoms with Crippen molar-refractivity contribution in [3.63, 3.8) is 0 Å². The summed E-state index contributed by atoms with van der Waals surface area (Å²) in [6.07, 6.45) is 0. The van der Waals surface area contributed by atoms with Gasteiger partial charge in [-0.3, -0.25) is 0 Å². The van der Waals surface area contributed by atoms with Crippen LogP contribution in [0.25, 0.3) is 76.5 Å². The molecule has 0 fully saturated rings. The normalized spacial score (nSPS) is 10.6. The van der Waals surface area contributed by atoms with Gasteiger partial charge in [0.05, 0.1) is 0 Å². The van der Waals surface area contributed by atoms with Crippen LogP contribution in [0, 0.1) is 28.7 Å². The standard InChI is InChI=1S/C30H21.C19H19.2CH3.Si.Zr/c1-20-16-23-18-24(27-14-6-10-21-8-2-4-12-25(21)27)19-30(29(23)17-20)28-15-7-11-22-9-3-5-13-26(22)28;1-13(2)17-11-16-5-4-6-18(19(16)12-17)15-9-7-14(3)8-10-15;;;;/h2-19H,1H3;4-13H,1-3H3;2*1H3;;/q4*-1;;. The van der Waals surface area contributed by atoms with Crippen LogP contribution in [0.3, 0.4) is 0 Å². The van der Waals surface area contributed by atoms with E-state index in [0.717, 1.165) is 0 Å². The van der Waals surface area contributed by atoms with Gasteiger partial charge in [0.1, 0.15) is 0 Å². The number of rotatable bonds is 4. The third-order valence-corrected chi connectivity index (χ3v) is 9.95. The minimum atomic E-state index is 0. The number of fused-ring (bicyclic) bond motifs is 4. The second-order valence-electron chi connectivity index (χ2n) is 13.7. The molecule has 9 rings (SSSR count). The molecule has 0 unspecified atom stereocenters. The molecule has 0 atom stereocenters. The van der Waals surface area contributed by atoms with Crippen molar-refractivity contribution >= 4 is 50.0 Å². The Balaban J connectivity index is 0.000000205. The van der Waals surface area contributed by atoms with Gasteiger partial charge >= 0.3 is 30.2 Å². The van der Waals surface area contributed by atoms with E-state index in [4.69, 9.17) is 0 Å². The Hall–Kier alpha value is -4.62. The van der Waals surface area contributed by atoms with Crippen LogP contribution in [0.1, 0.15) is 36.5 Å². The Morgan fingerprint density at radius 3 is 1.62 bits per heavy atom. The second kappa shape index (κ2) is 17.5. The van der Waals surface area contributed by atoms with Crippen LogP contribution in [0.15, 0.2) is 164 Å². The molecule has 9 aromatic carbocycles. The Kier molecular flexibility index (Phi) is 13.0. The first-order valence-corrected chi connectivity index (χ1v) is 21.8. The fraction of sp³-hybridized carbons (Fsp3) is 0.0980. The molecule has 53 heavy (non-hydrogen) atoms. The number of hydrogen-bond donors (Lipinski definition) is 0. The van der Waals surface area contributed by atoms with Crippen molar-refractivity contribution in [1.29, 1.82) is 0 Å². The van der Waals surface area contributed by atoms with E-state index in [0.29, 0.717) is 5.92 Å². The topological polar surface area (TPSA) is 0 Å². The summed E-state index contributed by atoms with van der Waals surface area (Å²) in [5, 5.41) is 10.5. The summed E-state index contributed by atoms with van der Waals surface area (Å²) >= 11 is 1.36. The van der Waals surface area contributed by atoms with Gasteiger partial charge < -0.3 is 14.9 Å². The molecule has 0 spiro atoms. The minimum absolute atomic E-state index is 0. The van der Waals surface area contributed by atoms with Crippen molar-refractivity contribution < 1.29 is 23.3 Å². The molecule has 0 aromatic heterocycles. The zero-order chi connectivity index (χ0) is 35.5. The van der Waals surface area contributed by atoms with Crippen LogP contribution >= 0.6 is 0 Å². The molecule has 0 nitrogen and oxygen atoms in total. The number of benzene rings is 7. The van der Waals surface area contributed by atoms with Gasteiger partial charge in [0.25, 0.3) is 0 Å². The monoisotopic (exact) mass is 776 g/mol. The Labute approximate surface area is 333 Å². The number of hydrogen-bond acceptors (Lipinski definition) is 0. The fourth-order valence-corrected chi connectivity index (χ4v) is 7.36.